The maximum Gasteiger partial charge on any atom is 0.265 e. The molecule has 2 unspecified atom stereocenters. The van der Waals surface area contributed by atoms with E-state index in [2.05, 4.69) is 15.6 Å². The SMILES string of the molecule is Nc1nc(NC2CC2)sc1C(=O)NC1CCOC1C1CC1. The van der Waals surface area contributed by atoms with E-state index < -0.39 is 0 Å². The van der Waals surface area contributed by atoms with Gasteiger partial charge in [-0.3, -0.25) is 4.79 Å². The Kier molecular flexibility index (Phi) is 3.26. The monoisotopic (exact) mass is 308 g/mol. The van der Waals surface area contributed by atoms with Crippen molar-refractivity contribution < 1.29 is 9.53 Å². The Morgan fingerprint density at radius 3 is 2.81 bits per heavy atom. The number of nitrogens with one attached hydrogen (secondary N) is 2. The zero-order chi connectivity index (χ0) is 14.4. The van der Waals surface area contributed by atoms with Gasteiger partial charge in [0.25, 0.3) is 5.91 Å². The highest BCUT2D eigenvalue weighted by molar-refractivity contribution is 7.18. The number of nitrogen functional groups attached to an aromatic ring is 1. The number of ether oxygens (including phenoxy) is 1. The Morgan fingerprint density at radius 2 is 2.10 bits per heavy atom. The molecule has 2 aliphatic carbocycles. The van der Waals surface area contributed by atoms with Crippen LogP contribution >= 0.6 is 11.3 Å². The third kappa shape index (κ3) is 2.85. The molecule has 2 saturated carbocycles. The van der Waals surface area contributed by atoms with Gasteiger partial charge in [0.1, 0.15) is 10.7 Å². The molecular formula is C14H20N4O2S. The molecule has 0 radical (unpaired) electrons. The molecule has 3 fully saturated rings. The van der Waals surface area contributed by atoms with Crippen molar-refractivity contribution >= 4 is 28.2 Å². The zero-order valence-electron chi connectivity index (χ0n) is 11.8. The van der Waals surface area contributed by atoms with Crippen LogP contribution in [-0.4, -0.2) is 35.7 Å². The second kappa shape index (κ2) is 5.14. The fourth-order valence-corrected chi connectivity index (χ4v) is 3.71. The smallest absolute Gasteiger partial charge is 0.265 e. The predicted molar refractivity (Wildman–Crippen MR) is 81.5 cm³/mol. The van der Waals surface area contributed by atoms with Gasteiger partial charge in [0.2, 0.25) is 0 Å². The van der Waals surface area contributed by atoms with Crippen LogP contribution in [0.3, 0.4) is 0 Å². The highest BCUT2D eigenvalue weighted by Crippen LogP contribution is 2.39. The number of amides is 1. The minimum atomic E-state index is -0.116. The summed E-state index contributed by atoms with van der Waals surface area (Å²) in [7, 11) is 0. The quantitative estimate of drug-likeness (QED) is 0.769. The molecule has 7 heteroatoms. The van der Waals surface area contributed by atoms with Crippen LogP contribution < -0.4 is 16.4 Å². The molecule has 4 rings (SSSR count). The van der Waals surface area contributed by atoms with E-state index in [0.717, 1.165) is 18.2 Å². The van der Waals surface area contributed by atoms with E-state index in [0.29, 0.717) is 22.7 Å². The van der Waals surface area contributed by atoms with Gasteiger partial charge in [-0.05, 0) is 38.0 Å². The van der Waals surface area contributed by atoms with Gasteiger partial charge in [-0.1, -0.05) is 11.3 Å². The number of nitrogens with zero attached hydrogens (tertiary/aromatic N) is 1. The van der Waals surface area contributed by atoms with Gasteiger partial charge in [-0.2, -0.15) is 0 Å². The Labute approximate surface area is 127 Å². The summed E-state index contributed by atoms with van der Waals surface area (Å²) >= 11 is 1.34. The summed E-state index contributed by atoms with van der Waals surface area (Å²) in [5.41, 5.74) is 5.89. The van der Waals surface area contributed by atoms with Crippen molar-refractivity contribution in [3.8, 4) is 0 Å². The Morgan fingerprint density at radius 1 is 1.29 bits per heavy atom. The number of thiazole rings is 1. The van der Waals surface area contributed by atoms with Crippen molar-refractivity contribution in [2.45, 2.75) is 50.3 Å². The first-order valence-corrected chi connectivity index (χ1v) is 8.47. The molecule has 1 aromatic heterocycles. The number of anilines is 2. The minimum absolute atomic E-state index is 0.116. The lowest BCUT2D eigenvalue weighted by Crippen LogP contribution is -2.41. The van der Waals surface area contributed by atoms with Gasteiger partial charge in [-0.15, -0.1) is 0 Å². The molecular weight excluding hydrogens is 288 g/mol. The zero-order valence-corrected chi connectivity index (χ0v) is 12.6. The largest absolute Gasteiger partial charge is 0.382 e. The van der Waals surface area contributed by atoms with Crippen LogP contribution in [0, 0.1) is 5.92 Å². The molecule has 3 aliphatic rings. The molecule has 0 bridgehead atoms. The molecule has 1 aromatic rings. The van der Waals surface area contributed by atoms with E-state index in [-0.39, 0.29) is 18.1 Å². The fraction of sp³-hybridized carbons (Fsp3) is 0.714. The van der Waals surface area contributed by atoms with Crippen molar-refractivity contribution in [3.63, 3.8) is 0 Å². The van der Waals surface area contributed by atoms with Crippen LogP contribution in [0.4, 0.5) is 10.9 Å². The van der Waals surface area contributed by atoms with E-state index in [1.54, 1.807) is 0 Å². The molecule has 0 spiro atoms. The number of rotatable bonds is 5. The van der Waals surface area contributed by atoms with Crippen molar-refractivity contribution in [3.05, 3.63) is 4.88 Å². The molecule has 2 atom stereocenters. The first-order valence-electron chi connectivity index (χ1n) is 7.66. The average Bonchev–Trinajstić information content (AvgIpc) is 3.36. The van der Waals surface area contributed by atoms with E-state index >= 15 is 0 Å². The number of carbonyl (C=O) groups excluding carboxylic acids is 1. The Bertz CT molecular complexity index is 553. The maximum absolute atomic E-state index is 12.4. The fourth-order valence-electron chi connectivity index (χ4n) is 2.85. The third-order valence-electron chi connectivity index (χ3n) is 4.30. The number of hydrogen-bond acceptors (Lipinski definition) is 6. The normalized spacial score (nSPS) is 28.6. The summed E-state index contributed by atoms with van der Waals surface area (Å²) in [6.45, 7) is 0.735. The van der Waals surface area contributed by atoms with Gasteiger partial charge >= 0.3 is 0 Å². The van der Waals surface area contributed by atoms with Crippen molar-refractivity contribution in [2.24, 2.45) is 5.92 Å². The molecule has 1 saturated heterocycles. The lowest BCUT2D eigenvalue weighted by molar-refractivity contribution is 0.0731. The van der Waals surface area contributed by atoms with E-state index in [9.17, 15) is 4.79 Å². The van der Waals surface area contributed by atoms with Gasteiger partial charge in [0, 0.05) is 12.6 Å². The standard InChI is InChI=1S/C14H20N4O2S/c15-12-11(21-14(18-12)16-8-3-4-8)13(19)17-9-5-6-20-10(9)7-1-2-7/h7-10H,1-6,15H2,(H,16,18)(H,17,19). The first-order chi connectivity index (χ1) is 10.2. The van der Waals surface area contributed by atoms with E-state index in [1.807, 2.05) is 0 Å². The molecule has 2 heterocycles. The summed E-state index contributed by atoms with van der Waals surface area (Å²) in [4.78, 5) is 17.2. The van der Waals surface area contributed by atoms with Crippen LogP contribution in [0.15, 0.2) is 0 Å². The van der Waals surface area contributed by atoms with Crippen LogP contribution in [0.5, 0.6) is 0 Å². The summed E-state index contributed by atoms with van der Waals surface area (Å²) in [5.74, 6) is 0.834. The second-order valence-corrected chi connectivity index (χ2v) is 7.19. The number of hydrogen-bond donors (Lipinski definition) is 3. The van der Waals surface area contributed by atoms with Crippen molar-refractivity contribution in [1.29, 1.82) is 0 Å². The number of aromatic nitrogens is 1. The molecule has 6 nitrogen and oxygen atoms in total. The number of nitrogens with two attached hydrogens (primary N) is 1. The minimum Gasteiger partial charge on any atom is -0.382 e. The first kappa shape index (κ1) is 13.3. The van der Waals surface area contributed by atoms with Crippen LogP contribution in [0.2, 0.25) is 0 Å². The molecule has 4 N–H and O–H groups in total. The molecule has 21 heavy (non-hydrogen) atoms. The Balaban J connectivity index is 1.42. The van der Waals surface area contributed by atoms with Gasteiger partial charge in [0.15, 0.2) is 5.13 Å². The molecule has 0 aromatic carbocycles. The lowest BCUT2D eigenvalue weighted by atomic mass is 10.1. The maximum atomic E-state index is 12.4. The molecule has 114 valence electrons. The van der Waals surface area contributed by atoms with Gasteiger partial charge in [-0.25, -0.2) is 4.98 Å². The van der Waals surface area contributed by atoms with E-state index in [4.69, 9.17) is 10.5 Å². The summed E-state index contributed by atoms with van der Waals surface area (Å²) < 4.78 is 5.75. The van der Waals surface area contributed by atoms with Crippen molar-refractivity contribution in [2.75, 3.05) is 17.7 Å². The van der Waals surface area contributed by atoms with Crippen LogP contribution in [0.1, 0.15) is 41.8 Å². The predicted octanol–water partition coefficient (Wildman–Crippen LogP) is 1.60. The Hall–Kier alpha value is -1.34. The second-order valence-electron chi connectivity index (χ2n) is 6.19. The molecule has 1 aliphatic heterocycles. The summed E-state index contributed by atoms with van der Waals surface area (Å²) in [6.07, 6.45) is 5.85. The van der Waals surface area contributed by atoms with Gasteiger partial charge < -0.3 is 21.1 Å². The summed E-state index contributed by atoms with van der Waals surface area (Å²) in [6, 6.07) is 0.625. The van der Waals surface area contributed by atoms with Crippen molar-refractivity contribution in [1.82, 2.24) is 10.3 Å². The van der Waals surface area contributed by atoms with E-state index in [1.165, 1.54) is 37.0 Å². The lowest BCUT2D eigenvalue weighted by Gasteiger charge is -2.19. The van der Waals surface area contributed by atoms with Crippen LogP contribution in [0.25, 0.3) is 0 Å². The third-order valence-corrected chi connectivity index (χ3v) is 5.30. The average molecular weight is 308 g/mol. The van der Waals surface area contributed by atoms with Crippen LogP contribution in [-0.2, 0) is 4.74 Å². The molecule has 1 amide bonds. The van der Waals surface area contributed by atoms with Gasteiger partial charge in [0.05, 0.1) is 12.1 Å². The summed E-state index contributed by atoms with van der Waals surface area (Å²) in [5, 5.41) is 7.13. The number of carbonyl (C=O) groups is 1. The topological polar surface area (TPSA) is 89.3 Å². The highest BCUT2D eigenvalue weighted by atomic mass is 32.1. The highest BCUT2D eigenvalue weighted by Gasteiger charge is 2.41.